The molecule has 1 amide bonds. The molecule has 1 aromatic carbocycles. The summed E-state index contributed by atoms with van der Waals surface area (Å²) < 4.78 is 37.6. The van der Waals surface area contributed by atoms with Gasteiger partial charge in [0.25, 0.3) is 5.91 Å². The van der Waals surface area contributed by atoms with E-state index >= 15 is 0 Å². The van der Waals surface area contributed by atoms with Crippen molar-refractivity contribution in [2.75, 3.05) is 0 Å². The van der Waals surface area contributed by atoms with E-state index in [1.165, 1.54) is 18.2 Å². The van der Waals surface area contributed by atoms with Gasteiger partial charge in [-0.3, -0.25) is 4.79 Å². The van der Waals surface area contributed by atoms with E-state index in [1.54, 1.807) is 0 Å². The monoisotopic (exact) mass is 336 g/mol. The summed E-state index contributed by atoms with van der Waals surface area (Å²) in [6.07, 6.45) is 0.999. The van der Waals surface area contributed by atoms with Crippen LogP contribution in [0.2, 0.25) is 0 Å². The number of amides is 1. The van der Waals surface area contributed by atoms with Crippen molar-refractivity contribution in [3.63, 3.8) is 0 Å². The zero-order valence-electron chi connectivity index (χ0n) is 13.4. The van der Waals surface area contributed by atoms with Crippen LogP contribution in [-0.4, -0.2) is 11.9 Å². The summed E-state index contributed by atoms with van der Waals surface area (Å²) in [4.78, 5) is 12.2. The standard InChI is InChI=1S/C18H19F3N2O/c1-12-4-2-3-5-16(12)23-17(24)14(11-22)10-13-6-8-15(9-7-13)18(19,20)21/h6-10,12,16H,2-5H2,1H3,(H,23,24)/b14-10-. The van der Waals surface area contributed by atoms with Gasteiger partial charge in [0.1, 0.15) is 11.6 Å². The maximum Gasteiger partial charge on any atom is 0.416 e. The maximum atomic E-state index is 12.5. The van der Waals surface area contributed by atoms with Crippen LogP contribution in [0.1, 0.15) is 43.7 Å². The molecule has 3 nitrogen and oxygen atoms in total. The lowest BCUT2D eigenvalue weighted by Gasteiger charge is -2.29. The number of halogens is 3. The number of nitriles is 1. The number of hydrogen-bond acceptors (Lipinski definition) is 2. The lowest BCUT2D eigenvalue weighted by Crippen LogP contribution is -2.41. The molecule has 0 radical (unpaired) electrons. The Kier molecular flexibility index (Phi) is 5.66. The van der Waals surface area contributed by atoms with E-state index in [1.807, 2.05) is 6.07 Å². The topological polar surface area (TPSA) is 52.9 Å². The Labute approximate surface area is 139 Å². The van der Waals surface area contributed by atoms with Gasteiger partial charge >= 0.3 is 6.18 Å². The van der Waals surface area contributed by atoms with Crippen LogP contribution in [0, 0.1) is 17.2 Å². The predicted molar refractivity (Wildman–Crippen MR) is 84.6 cm³/mol. The van der Waals surface area contributed by atoms with Crippen molar-refractivity contribution < 1.29 is 18.0 Å². The summed E-state index contributed by atoms with van der Waals surface area (Å²) in [6.45, 7) is 2.07. The number of benzene rings is 1. The molecule has 0 bridgehead atoms. The smallest absolute Gasteiger partial charge is 0.348 e. The number of nitrogens with zero attached hydrogens (tertiary/aromatic N) is 1. The van der Waals surface area contributed by atoms with Gasteiger partial charge < -0.3 is 5.32 Å². The second kappa shape index (κ2) is 7.52. The third kappa shape index (κ3) is 4.60. The fourth-order valence-corrected chi connectivity index (χ4v) is 2.86. The van der Waals surface area contributed by atoms with Crippen LogP contribution in [-0.2, 0) is 11.0 Å². The first-order chi connectivity index (χ1) is 11.3. The van der Waals surface area contributed by atoms with Crippen molar-refractivity contribution in [3.8, 4) is 6.07 Å². The number of carbonyl (C=O) groups is 1. The van der Waals surface area contributed by atoms with Crippen molar-refractivity contribution in [3.05, 3.63) is 41.0 Å². The average Bonchev–Trinajstić information content (AvgIpc) is 2.54. The van der Waals surface area contributed by atoms with Gasteiger partial charge in [-0.1, -0.05) is 31.9 Å². The summed E-state index contributed by atoms with van der Waals surface area (Å²) >= 11 is 0. The van der Waals surface area contributed by atoms with E-state index < -0.39 is 17.6 Å². The van der Waals surface area contributed by atoms with Gasteiger partial charge in [-0.2, -0.15) is 18.4 Å². The van der Waals surface area contributed by atoms with Crippen LogP contribution >= 0.6 is 0 Å². The van der Waals surface area contributed by atoms with Gasteiger partial charge in [-0.15, -0.1) is 0 Å². The highest BCUT2D eigenvalue weighted by atomic mass is 19.4. The molecule has 128 valence electrons. The molecular weight excluding hydrogens is 317 g/mol. The van der Waals surface area contributed by atoms with Crippen LogP contribution in [0.15, 0.2) is 29.8 Å². The molecule has 2 unspecified atom stereocenters. The first kappa shape index (κ1) is 18.1. The van der Waals surface area contributed by atoms with E-state index in [4.69, 9.17) is 0 Å². The third-order valence-electron chi connectivity index (χ3n) is 4.34. The number of hydrogen-bond donors (Lipinski definition) is 1. The third-order valence-corrected chi connectivity index (χ3v) is 4.34. The van der Waals surface area contributed by atoms with Crippen LogP contribution in [0.4, 0.5) is 13.2 Å². The number of carbonyl (C=O) groups excluding carboxylic acids is 1. The van der Waals surface area contributed by atoms with Crippen LogP contribution in [0.3, 0.4) is 0 Å². The van der Waals surface area contributed by atoms with Crippen molar-refractivity contribution >= 4 is 12.0 Å². The largest absolute Gasteiger partial charge is 0.416 e. The molecule has 0 aliphatic heterocycles. The normalized spacial score (nSPS) is 21.9. The molecule has 2 atom stereocenters. The molecule has 24 heavy (non-hydrogen) atoms. The highest BCUT2D eigenvalue weighted by Gasteiger charge is 2.30. The van der Waals surface area contributed by atoms with E-state index in [2.05, 4.69) is 12.2 Å². The number of alkyl halides is 3. The first-order valence-corrected chi connectivity index (χ1v) is 7.91. The minimum Gasteiger partial charge on any atom is -0.348 e. The van der Waals surface area contributed by atoms with Crippen LogP contribution < -0.4 is 5.32 Å². The highest BCUT2D eigenvalue weighted by molar-refractivity contribution is 6.01. The number of nitrogens with one attached hydrogen (secondary N) is 1. The van der Waals surface area contributed by atoms with E-state index in [0.717, 1.165) is 37.8 Å². The SMILES string of the molecule is CC1CCCCC1NC(=O)/C(C#N)=C\c1ccc(C(F)(F)F)cc1. The molecule has 1 aliphatic carbocycles. The Morgan fingerprint density at radius 2 is 1.88 bits per heavy atom. The zero-order chi connectivity index (χ0) is 17.7. The lowest BCUT2D eigenvalue weighted by molar-refractivity contribution is -0.137. The molecule has 0 heterocycles. The van der Waals surface area contributed by atoms with Gasteiger partial charge in [-0.05, 0) is 42.5 Å². The van der Waals surface area contributed by atoms with Crippen LogP contribution in [0.5, 0.6) is 0 Å². The molecule has 0 aromatic heterocycles. The van der Waals surface area contributed by atoms with Gasteiger partial charge in [0, 0.05) is 6.04 Å². The number of rotatable bonds is 3. The van der Waals surface area contributed by atoms with E-state index in [9.17, 15) is 23.2 Å². The Hall–Kier alpha value is -2.29. The van der Waals surface area contributed by atoms with Crippen molar-refractivity contribution in [1.82, 2.24) is 5.32 Å². The zero-order valence-corrected chi connectivity index (χ0v) is 13.4. The van der Waals surface area contributed by atoms with Gasteiger partial charge in [0.05, 0.1) is 5.56 Å². The molecule has 0 saturated heterocycles. The van der Waals surface area contributed by atoms with Gasteiger partial charge in [0.2, 0.25) is 0 Å². The molecule has 2 rings (SSSR count). The molecule has 6 heteroatoms. The first-order valence-electron chi connectivity index (χ1n) is 7.91. The van der Waals surface area contributed by atoms with E-state index in [0.29, 0.717) is 11.5 Å². The quantitative estimate of drug-likeness (QED) is 0.661. The molecule has 1 saturated carbocycles. The molecule has 1 fully saturated rings. The summed E-state index contributed by atoms with van der Waals surface area (Å²) in [5.41, 5.74) is -0.488. The van der Waals surface area contributed by atoms with E-state index in [-0.39, 0.29) is 11.6 Å². The summed E-state index contributed by atoms with van der Waals surface area (Å²) in [5, 5.41) is 12.0. The fourth-order valence-electron chi connectivity index (χ4n) is 2.86. The minimum atomic E-state index is -4.41. The maximum absolute atomic E-state index is 12.5. The Morgan fingerprint density at radius 3 is 2.42 bits per heavy atom. The molecule has 1 N–H and O–H groups in total. The van der Waals surface area contributed by atoms with Crippen molar-refractivity contribution in [2.24, 2.45) is 5.92 Å². The molecular formula is C18H19F3N2O. The summed E-state index contributed by atoms with van der Waals surface area (Å²) in [5.74, 6) is -0.121. The summed E-state index contributed by atoms with van der Waals surface area (Å²) in [6, 6.07) is 6.22. The minimum absolute atomic E-state index is 0.0376. The Bertz CT molecular complexity index is 656. The average molecular weight is 336 g/mol. The predicted octanol–water partition coefficient (Wildman–Crippen LogP) is 4.31. The summed E-state index contributed by atoms with van der Waals surface area (Å²) in [7, 11) is 0. The Balaban J connectivity index is 2.11. The van der Waals surface area contributed by atoms with Crippen molar-refractivity contribution in [2.45, 2.75) is 44.8 Å². The van der Waals surface area contributed by atoms with Gasteiger partial charge in [-0.25, -0.2) is 0 Å². The second-order valence-corrected chi connectivity index (χ2v) is 6.13. The van der Waals surface area contributed by atoms with Crippen molar-refractivity contribution in [1.29, 1.82) is 5.26 Å². The molecule has 0 spiro atoms. The Morgan fingerprint density at radius 1 is 1.25 bits per heavy atom. The van der Waals surface area contributed by atoms with Gasteiger partial charge in [0.15, 0.2) is 0 Å². The van der Waals surface area contributed by atoms with Crippen LogP contribution in [0.25, 0.3) is 6.08 Å². The molecule has 1 aromatic rings. The lowest BCUT2D eigenvalue weighted by atomic mass is 9.86. The fraction of sp³-hybridized carbons (Fsp3) is 0.444. The molecule has 1 aliphatic rings. The second-order valence-electron chi connectivity index (χ2n) is 6.13. The highest BCUT2D eigenvalue weighted by Crippen LogP contribution is 2.29.